The van der Waals surface area contributed by atoms with E-state index in [1.54, 1.807) is 18.9 Å². The normalized spacial score (nSPS) is 17.6. The van der Waals surface area contributed by atoms with Gasteiger partial charge in [0.1, 0.15) is 5.75 Å². The van der Waals surface area contributed by atoms with Gasteiger partial charge >= 0.3 is 0 Å². The topological polar surface area (TPSA) is 35.2 Å². The molecule has 0 amide bonds. The van der Waals surface area contributed by atoms with Crippen LogP contribution in [0.4, 0.5) is 0 Å². The van der Waals surface area contributed by atoms with Crippen molar-refractivity contribution < 1.29 is 4.74 Å². The number of methoxy groups -OCH3 is 1. The quantitative estimate of drug-likeness (QED) is 0.800. The summed E-state index contributed by atoms with van der Waals surface area (Å²) in [5.41, 5.74) is 8.65. The molecule has 0 spiro atoms. The van der Waals surface area contributed by atoms with Gasteiger partial charge in [0.2, 0.25) is 0 Å². The molecule has 1 aliphatic carbocycles. The van der Waals surface area contributed by atoms with Crippen LogP contribution in [0.1, 0.15) is 24.0 Å². The Morgan fingerprint density at radius 1 is 1.27 bits per heavy atom. The fraction of sp³-hybridized carbons (Fsp3) is 0.500. The number of rotatable bonds is 3. The summed E-state index contributed by atoms with van der Waals surface area (Å²) in [5.74, 6) is 0.944. The third-order valence-electron chi connectivity index (χ3n) is 2.84. The summed E-state index contributed by atoms with van der Waals surface area (Å²) in [5, 5.41) is 0. The number of hydrogen-bond donors (Lipinski definition) is 1. The van der Waals surface area contributed by atoms with Gasteiger partial charge < -0.3 is 10.5 Å². The second-order valence-corrected chi connectivity index (χ2v) is 5.71. The average molecular weight is 223 g/mol. The van der Waals surface area contributed by atoms with Gasteiger partial charge in [-0.15, -0.1) is 11.8 Å². The van der Waals surface area contributed by atoms with Crippen LogP contribution in [-0.2, 0) is 0 Å². The minimum atomic E-state index is -0.0328. The second kappa shape index (κ2) is 3.72. The number of nitrogens with two attached hydrogens (primary N) is 1. The molecule has 0 unspecified atom stereocenters. The minimum Gasteiger partial charge on any atom is -0.496 e. The molecular weight excluding hydrogens is 206 g/mol. The molecule has 0 aliphatic heterocycles. The van der Waals surface area contributed by atoms with E-state index in [-0.39, 0.29) is 4.87 Å². The lowest BCUT2D eigenvalue weighted by molar-refractivity contribution is 0.404. The van der Waals surface area contributed by atoms with Crippen LogP contribution in [0.5, 0.6) is 5.75 Å². The molecule has 2 nitrogen and oxygen atoms in total. The Kier molecular flexibility index (Phi) is 2.69. The molecule has 1 fully saturated rings. The van der Waals surface area contributed by atoms with E-state index >= 15 is 0 Å². The summed E-state index contributed by atoms with van der Waals surface area (Å²) in [7, 11) is 1.71. The predicted molar refractivity (Wildman–Crippen MR) is 64.5 cm³/mol. The Bertz CT molecular complexity index is 385. The van der Waals surface area contributed by atoms with Gasteiger partial charge in [0.05, 0.1) is 16.9 Å². The first-order valence-corrected chi connectivity index (χ1v) is 5.99. The van der Waals surface area contributed by atoms with Crippen LogP contribution in [0.2, 0.25) is 0 Å². The summed E-state index contributed by atoms with van der Waals surface area (Å²) >= 11 is 1.74. The van der Waals surface area contributed by atoms with Crippen LogP contribution < -0.4 is 10.5 Å². The van der Waals surface area contributed by atoms with Gasteiger partial charge in [0.25, 0.3) is 0 Å². The molecule has 2 N–H and O–H groups in total. The van der Waals surface area contributed by atoms with Gasteiger partial charge in [-0.25, -0.2) is 0 Å². The lowest BCUT2D eigenvalue weighted by atomic mass is 10.1. The Hall–Kier alpha value is -0.670. The van der Waals surface area contributed by atoms with Crippen LogP contribution in [0, 0.1) is 13.8 Å². The highest BCUT2D eigenvalue weighted by Crippen LogP contribution is 2.49. The van der Waals surface area contributed by atoms with Crippen LogP contribution in [0.15, 0.2) is 17.0 Å². The minimum absolute atomic E-state index is 0.0328. The molecule has 2 rings (SSSR count). The number of thioether (sulfide) groups is 1. The van der Waals surface area contributed by atoms with Crippen LogP contribution in [0.25, 0.3) is 0 Å². The maximum atomic E-state index is 6.10. The smallest absolute Gasteiger partial charge is 0.132 e. The van der Waals surface area contributed by atoms with Crippen molar-refractivity contribution in [1.29, 1.82) is 0 Å². The first-order chi connectivity index (χ1) is 7.04. The molecule has 82 valence electrons. The molecule has 15 heavy (non-hydrogen) atoms. The molecular formula is C12H17NOS. The second-order valence-electron chi connectivity index (χ2n) is 4.25. The van der Waals surface area contributed by atoms with E-state index in [1.165, 1.54) is 16.0 Å². The van der Waals surface area contributed by atoms with Crippen molar-refractivity contribution in [2.45, 2.75) is 36.5 Å². The summed E-state index contributed by atoms with van der Waals surface area (Å²) < 4.78 is 5.38. The first-order valence-electron chi connectivity index (χ1n) is 5.17. The highest BCUT2D eigenvalue weighted by Gasteiger charge is 2.40. The zero-order chi connectivity index (χ0) is 11.1. The lowest BCUT2D eigenvalue weighted by Gasteiger charge is -2.14. The zero-order valence-corrected chi connectivity index (χ0v) is 10.3. The Balaban J connectivity index is 2.31. The van der Waals surface area contributed by atoms with Crippen molar-refractivity contribution in [2.24, 2.45) is 5.73 Å². The number of hydrogen-bond acceptors (Lipinski definition) is 3. The molecule has 1 saturated carbocycles. The Labute approximate surface area is 95.2 Å². The van der Waals surface area contributed by atoms with Crippen molar-refractivity contribution in [3.63, 3.8) is 0 Å². The van der Waals surface area contributed by atoms with Crippen molar-refractivity contribution in [2.75, 3.05) is 7.11 Å². The Morgan fingerprint density at radius 2 is 1.87 bits per heavy atom. The van der Waals surface area contributed by atoms with Gasteiger partial charge in [-0.1, -0.05) is 0 Å². The van der Waals surface area contributed by atoms with Crippen molar-refractivity contribution in [1.82, 2.24) is 0 Å². The van der Waals surface area contributed by atoms with Crippen LogP contribution in [0.3, 0.4) is 0 Å². The molecule has 0 aromatic heterocycles. The fourth-order valence-corrected chi connectivity index (χ4v) is 2.67. The summed E-state index contributed by atoms with van der Waals surface area (Å²) in [6, 6.07) is 4.26. The van der Waals surface area contributed by atoms with Crippen LogP contribution >= 0.6 is 11.8 Å². The zero-order valence-electron chi connectivity index (χ0n) is 9.46. The van der Waals surface area contributed by atoms with E-state index in [9.17, 15) is 0 Å². The fourth-order valence-electron chi connectivity index (χ4n) is 1.45. The van der Waals surface area contributed by atoms with E-state index in [0.29, 0.717) is 0 Å². The molecule has 0 saturated heterocycles. The first kappa shape index (κ1) is 10.8. The maximum Gasteiger partial charge on any atom is 0.132 e. The molecule has 1 aromatic carbocycles. The molecule has 0 radical (unpaired) electrons. The highest BCUT2D eigenvalue weighted by molar-refractivity contribution is 8.01. The van der Waals surface area contributed by atoms with E-state index in [0.717, 1.165) is 18.6 Å². The number of benzene rings is 1. The van der Waals surface area contributed by atoms with Crippen molar-refractivity contribution in [3.05, 3.63) is 23.3 Å². The number of aryl methyl sites for hydroxylation is 2. The molecule has 0 atom stereocenters. The molecule has 1 aliphatic rings. The predicted octanol–water partition coefficient (Wildman–Crippen LogP) is 2.85. The van der Waals surface area contributed by atoms with E-state index in [1.807, 2.05) is 0 Å². The standard InChI is InChI=1S/C12H17NOS/c1-8-6-10(14-3)11(7-9(8)2)15-12(13)4-5-12/h6-7H,4-5,13H2,1-3H3. The van der Waals surface area contributed by atoms with Crippen molar-refractivity contribution >= 4 is 11.8 Å². The third-order valence-corrected chi connectivity index (χ3v) is 4.19. The molecule has 1 aromatic rings. The monoisotopic (exact) mass is 223 g/mol. The van der Waals surface area contributed by atoms with Gasteiger partial charge in [-0.2, -0.15) is 0 Å². The number of ether oxygens (including phenoxy) is 1. The molecule has 0 heterocycles. The van der Waals surface area contributed by atoms with Gasteiger partial charge in [-0.3, -0.25) is 0 Å². The molecule has 3 heteroatoms. The lowest BCUT2D eigenvalue weighted by Crippen LogP contribution is -2.16. The SMILES string of the molecule is COc1cc(C)c(C)cc1SC1(N)CC1. The maximum absolute atomic E-state index is 6.10. The highest BCUT2D eigenvalue weighted by atomic mass is 32.2. The van der Waals surface area contributed by atoms with Gasteiger partial charge in [0.15, 0.2) is 0 Å². The van der Waals surface area contributed by atoms with E-state index < -0.39 is 0 Å². The molecule has 0 bridgehead atoms. The van der Waals surface area contributed by atoms with E-state index in [2.05, 4.69) is 26.0 Å². The average Bonchev–Trinajstić information content (AvgIpc) is 2.89. The summed E-state index contributed by atoms with van der Waals surface area (Å²) in [6.45, 7) is 4.22. The Morgan fingerprint density at radius 3 is 2.40 bits per heavy atom. The largest absolute Gasteiger partial charge is 0.496 e. The summed E-state index contributed by atoms with van der Waals surface area (Å²) in [6.07, 6.45) is 2.21. The third kappa shape index (κ3) is 2.29. The van der Waals surface area contributed by atoms with Crippen LogP contribution in [-0.4, -0.2) is 12.0 Å². The summed E-state index contributed by atoms with van der Waals surface area (Å²) in [4.78, 5) is 1.13. The van der Waals surface area contributed by atoms with Crippen molar-refractivity contribution in [3.8, 4) is 5.75 Å². The van der Waals surface area contributed by atoms with Gasteiger partial charge in [0, 0.05) is 0 Å². The van der Waals surface area contributed by atoms with E-state index in [4.69, 9.17) is 10.5 Å². The van der Waals surface area contributed by atoms with Gasteiger partial charge in [-0.05, 0) is 49.9 Å².